The number of rotatable bonds is 0. The summed E-state index contributed by atoms with van der Waals surface area (Å²) < 4.78 is 0. The van der Waals surface area contributed by atoms with Gasteiger partial charge >= 0.3 is 0 Å². The van der Waals surface area contributed by atoms with Crippen molar-refractivity contribution in [1.29, 1.82) is 0 Å². The number of hydrogen-bond donors (Lipinski definition) is 1. The van der Waals surface area contributed by atoms with E-state index in [9.17, 15) is 0 Å². The maximum absolute atomic E-state index is 3.74. The van der Waals surface area contributed by atoms with Crippen molar-refractivity contribution in [3.63, 3.8) is 0 Å². The van der Waals surface area contributed by atoms with E-state index >= 15 is 0 Å². The zero-order valence-corrected chi connectivity index (χ0v) is 6.02. The minimum absolute atomic E-state index is 0.174. The lowest BCUT2D eigenvalue weighted by Crippen LogP contribution is -2.09. The molecule has 0 saturated carbocycles. The molecule has 0 aliphatic heterocycles. The lowest BCUT2D eigenvalue weighted by molar-refractivity contribution is 0.589. The predicted octanol–water partition coefficient (Wildman–Crippen LogP) is 1.51. The van der Waals surface area contributed by atoms with E-state index in [0.29, 0.717) is 0 Å². The molecule has 49 valence electrons. The second-order valence-electron chi connectivity index (χ2n) is 3.16. The molecule has 1 heterocycles. The van der Waals surface area contributed by atoms with Crippen LogP contribution in [-0.4, -0.2) is 10.2 Å². The molecule has 0 saturated heterocycles. The van der Waals surface area contributed by atoms with Crippen LogP contribution in [0.1, 0.15) is 26.3 Å². The topological polar surface area (TPSA) is 28.7 Å². The number of nitrogens with zero attached hydrogens (tertiary/aromatic N) is 1. The molecule has 0 fully saturated rings. The minimum Gasteiger partial charge on any atom is -0.285 e. The fourth-order valence-corrected chi connectivity index (χ4v) is 0.606. The average Bonchev–Trinajstić information content (AvgIpc) is 2.08. The first kappa shape index (κ1) is 6.33. The van der Waals surface area contributed by atoms with Crippen molar-refractivity contribution >= 4 is 0 Å². The molecule has 0 bridgehead atoms. The largest absolute Gasteiger partial charge is 0.285 e. The normalized spacial score (nSPS) is 11.9. The van der Waals surface area contributed by atoms with Gasteiger partial charge in [0, 0.05) is 11.8 Å². The maximum atomic E-state index is 3.74. The van der Waals surface area contributed by atoms with E-state index in [1.165, 1.54) is 0 Å². The van der Waals surface area contributed by atoms with Gasteiger partial charge in [-0.25, -0.2) is 0 Å². The van der Waals surface area contributed by atoms with Crippen LogP contribution < -0.4 is 0 Å². The molecule has 2 heteroatoms. The van der Waals surface area contributed by atoms with E-state index in [0.717, 1.165) is 5.56 Å². The highest BCUT2D eigenvalue weighted by Gasteiger charge is 2.13. The molecule has 0 spiro atoms. The summed E-state index contributed by atoms with van der Waals surface area (Å²) >= 11 is 0. The molecule has 0 unspecified atom stereocenters. The van der Waals surface area contributed by atoms with Crippen LogP contribution in [0.15, 0.2) is 6.20 Å². The van der Waals surface area contributed by atoms with Gasteiger partial charge < -0.3 is 0 Å². The zero-order valence-electron chi connectivity index (χ0n) is 6.02. The van der Waals surface area contributed by atoms with E-state index in [1.54, 1.807) is 0 Å². The number of aromatic amines is 1. The molecular weight excluding hydrogens is 112 g/mol. The number of aromatic nitrogens is 2. The second-order valence-corrected chi connectivity index (χ2v) is 3.16. The summed E-state index contributed by atoms with van der Waals surface area (Å²) in [5, 5.41) is 6.47. The number of nitrogens with one attached hydrogen (secondary N) is 1. The van der Waals surface area contributed by atoms with Gasteiger partial charge in [0.05, 0.1) is 0 Å². The summed E-state index contributed by atoms with van der Waals surface area (Å²) in [6.45, 7) is 6.40. The van der Waals surface area contributed by atoms with Crippen molar-refractivity contribution in [3.8, 4) is 0 Å². The van der Waals surface area contributed by atoms with Gasteiger partial charge in [0.1, 0.15) is 6.20 Å². The van der Waals surface area contributed by atoms with E-state index in [4.69, 9.17) is 0 Å². The molecule has 0 aliphatic carbocycles. The van der Waals surface area contributed by atoms with E-state index < -0.39 is 0 Å². The molecule has 1 rings (SSSR count). The van der Waals surface area contributed by atoms with Gasteiger partial charge in [-0.1, -0.05) is 20.8 Å². The Morgan fingerprint density at radius 1 is 1.56 bits per heavy atom. The molecule has 0 atom stereocenters. The third-order valence-corrected chi connectivity index (χ3v) is 1.26. The zero-order chi connectivity index (χ0) is 6.91. The van der Waals surface area contributed by atoms with Crippen LogP contribution in [0.5, 0.6) is 0 Å². The Balaban J connectivity index is 2.90. The van der Waals surface area contributed by atoms with Gasteiger partial charge in [-0.3, -0.25) is 5.10 Å². The molecule has 1 aromatic heterocycles. The molecule has 2 nitrogen and oxygen atoms in total. The Labute approximate surface area is 55.3 Å². The van der Waals surface area contributed by atoms with Crippen LogP contribution in [0.25, 0.3) is 0 Å². The van der Waals surface area contributed by atoms with Crippen LogP contribution in [0.2, 0.25) is 0 Å². The first-order valence-corrected chi connectivity index (χ1v) is 3.02. The fourth-order valence-electron chi connectivity index (χ4n) is 0.606. The van der Waals surface area contributed by atoms with Gasteiger partial charge in [0.15, 0.2) is 0 Å². The Kier molecular flexibility index (Phi) is 1.31. The number of H-pyrrole nitrogens is 1. The molecule has 0 aromatic carbocycles. The monoisotopic (exact) mass is 123 g/mol. The third-order valence-electron chi connectivity index (χ3n) is 1.26. The Bertz CT molecular complexity index is 169. The average molecular weight is 123 g/mol. The molecule has 0 aliphatic rings. The van der Waals surface area contributed by atoms with Crippen LogP contribution in [-0.2, 0) is 5.41 Å². The van der Waals surface area contributed by atoms with Crippen molar-refractivity contribution in [2.45, 2.75) is 26.2 Å². The molecule has 1 N–H and O–H groups in total. The van der Waals surface area contributed by atoms with E-state index in [-0.39, 0.29) is 5.41 Å². The Hall–Kier alpha value is -0.790. The molecule has 1 radical (unpaired) electrons. The molecule has 9 heavy (non-hydrogen) atoms. The van der Waals surface area contributed by atoms with Crippen LogP contribution in [0.3, 0.4) is 0 Å². The highest BCUT2D eigenvalue weighted by molar-refractivity contribution is 5.12. The van der Waals surface area contributed by atoms with Gasteiger partial charge in [0.25, 0.3) is 0 Å². The maximum Gasteiger partial charge on any atom is 0.116 e. The fraction of sp³-hybridized carbons (Fsp3) is 0.571. The smallest absolute Gasteiger partial charge is 0.116 e. The van der Waals surface area contributed by atoms with Gasteiger partial charge in [-0.15, -0.1) is 0 Å². The van der Waals surface area contributed by atoms with Gasteiger partial charge in [-0.2, -0.15) is 5.10 Å². The Morgan fingerprint density at radius 2 is 2.22 bits per heavy atom. The van der Waals surface area contributed by atoms with Gasteiger partial charge in [0.2, 0.25) is 0 Å². The Morgan fingerprint density at radius 3 is 2.44 bits per heavy atom. The first-order chi connectivity index (χ1) is 4.11. The van der Waals surface area contributed by atoms with Gasteiger partial charge in [-0.05, 0) is 5.41 Å². The quantitative estimate of drug-likeness (QED) is 0.556. The summed E-state index contributed by atoms with van der Waals surface area (Å²) in [4.78, 5) is 0. The van der Waals surface area contributed by atoms with Crippen LogP contribution >= 0.6 is 0 Å². The minimum atomic E-state index is 0.174. The van der Waals surface area contributed by atoms with Crippen molar-refractivity contribution in [2.24, 2.45) is 0 Å². The highest BCUT2D eigenvalue weighted by atomic mass is 15.1. The SMILES string of the molecule is CC(C)(C)c1[c]n[nH]c1. The van der Waals surface area contributed by atoms with E-state index in [1.807, 2.05) is 6.20 Å². The predicted molar refractivity (Wildman–Crippen MR) is 36.1 cm³/mol. The van der Waals surface area contributed by atoms with Crippen molar-refractivity contribution < 1.29 is 0 Å². The van der Waals surface area contributed by atoms with Crippen LogP contribution in [0, 0.1) is 6.20 Å². The highest BCUT2D eigenvalue weighted by Crippen LogP contribution is 2.18. The summed E-state index contributed by atoms with van der Waals surface area (Å²) in [5.41, 5.74) is 1.30. The summed E-state index contributed by atoms with van der Waals surface area (Å²) in [5.74, 6) is 0. The summed E-state index contributed by atoms with van der Waals surface area (Å²) in [7, 11) is 0. The third kappa shape index (κ3) is 1.31. The van der Waals surface area contributed by atoms with Crippen LogP contribution in [0.4, 0.5) is 0 Å². The lowest BCUT2D eigenvalue weighted by Gasteiger charge is -2.13. The molecular formula is C7H11N2. The van der Waals surface area contributed by atoms with Crippen molar-refractivity contribution in [1.82, 2.24) is 10.2 Å². The lowest BCUT2D eigenvalue weighted by atomic mass is 9.90. The number of hydrogen-bond acceptors (Lipinski definition) is 1. The standard InChI is InChI=1S/C7H11N2/c1-7(2,3)6-4-8-9-5-6/h4H,1-3H3,(H,8,9). The summed E-state index contributed by atoms with van der Waals surface area (Å²) in [6.07, 6.45) is 4.75. The van der Waals surface area contributed by atoms with Crippen molar-refractivity contribution in [2.75, 3.05) is 0 Å². The molecule has 1 aromatic rings. The van der Waals surface area contributed by atoms with Crippen molar-refractivity contribution in [3.05, 3.63) is 18.0 Å². The summed E-state index contributed by atoms with van der Waals surface area (Å²) in [6, 6.07) is 0. The second kappa shape index (κ2) is 1.87. The van der Waals surface area contributed by atoms with E-state index in [2.05, 4.69) is 37.2 Å². The molecule has 0 amide bonds. The first-order valence-electron chi connectivity index (χ1n) is 3.02.